The highest BCUT2D eigenvalue weighted by Crippen LogP contribution is 2.37. The first-order valence-corrected chi connectivity index (χ1v) is 9.42. The molecule has 3 heterocycles. The van der Waals surface area contributed by atoms with Crippen molar-refractivity contribution in [3.05, 3.63) is 54.2 Å². The van der Waals surface area contributed by atoms with Crippen molar-refractivity contribution < 1.29 is 9.47 Å². The Hall–Kier alpha value is -2.11. The van der Waals surface area contributed by atoms with Crippen LogP contribution in [0.5, 0.6) is 5.75 Å². The number of hydrogen-bond donors (Lipinski definition) is 1. The summed E-state index contributed by atoms with van der Waals surface area (Å²) in [6.45, 7) is 3.94. The zero-order chi connectivity index (χ0) is 17.8. The van der Waals surface area contributed by atoms with E-state index in [1.165, 1.54) is 5.56 Å². The van der Waals surface area contributed by atoms with Crippen LogP contribution in [0.15, 0.2) is 48.7 Å². The van der Waals surface area contributed by atoms with Gasteiger partial charge in [-0.15, -0.1) is 0 Å². The number of benzene rings is 1. The van der Waals surface area contributed by atoms with Gasteiger partial charge in [-0.3, -0.25) is 4.90 Å². The van der Waals surface area contributed by atoms with Crippen molar-refractivity contribution >= 4 is 5.82 Å². The van der Waals surface area contributed by atoms with Gasteiger partial charge in [0.25, 0.3) is 0 Å². The van der Waals surface area contributed by atoms with Gasteiger partial charge in [0.15, 0.2) is 0 Å². The van der Waals surface area contributed by atoms with Crippen LogP contribution in [0.4, 0.5) is 5.82 Å². The molecule has 1 N–H and O–H groups in total. The summed E-state index contributed by atoms with van der Waals surface area (Å²) in [5.74, 6) is 1.85. The van der Waals surface area contributed by atoms with Crippen LogP contribution in [0.3, 0.4) is 0 Å². The molecule has 0 radical (unpaired) electrons. The maximum atomic E-state index is 6.26. The monoisotopic (exact) mass is 353 g/mol. The van der Waals surface area contributed by atoms with Crippen LogP contribution in [0.2, 0.25) is 0 Å². The molecule has 1 aromatic heterocycles. The standard InChI is InChI=1S/C21H27N3O2/c1-25-19-7-5-17(6-8-19)15-24-12-9-21(10-13-24)14-18(16-26-21)23-20-4-2-3-11-22-20/h2-8,11,18H,9-10,12-16H2,1H3,(H,22,23)/t18-/m1/s1. The van der Waals surface area contributed by atoms with E-state index in [-0.39, 0.29) is 5.60 Å². The van der Waals surface area contributed by atoms with Crippen LogP contribution in [0, 0.1) is 0 Å². The third kappa shape index (κ3) is 4.00. The highest BCUT2D eigenvalue weighted by atomic mass is 16.5. The number of nitrogens with zero attached hydrogens (tertiary/aromatic N) is 2. The molecule has 2 aliphatic rings. The number of likely N-dealkylation sites (tertiary alicyclic amines) is 1. The SMILES string of the molecule is COc1ccc(CN2CCC3(CC2)C[C@@H](Nc2ccccn2)CO3)cc1. The molecule has 0 amide bonds. The van der Waals surface area contributed by atoms with Gasteiger partial charge < -0.3 is 14.8 Å². The molecule has 138 valence electrons. The van der Waals surface area contributed by atoms with Crippen LogP contribution in [0.1, 0.15) is 24.8 Å². The van der Waals surface area contributed by atoms with E-state index in [9.17, 15) is 0 Å². The van der Waals surface area contributed by atoms with Crippen molar-refractivity contribution in [3.8, 4) is 5.75 Å². The second-order valence-corrected chi connectivity index (χ2v) is 7.38. The normalized spacial score (nSPS) is 22.4. The van der Waals surface area contributed by atoms with Gasteiger partial charge in [0.2, 0.25) is 0 Å². The number of ether oxygens (including phenoxy) is 2. The fraction of sp³-hybridized carbons (Fsp3) is 0.476. The Labute approximate surface area is 155 Å². The van der Waals surface area contributed by atoms with Gasteiger partial charge in [0.1, 0.15) is 11.6 Å². The summed E-state index contributed by atoms with van der Waals surface area (Å²) in [7, 11) is 1.71. The largest absolute Gasteiger partial charge is 0.497 e. The number of aromatic nitrogens is 1. The van der Waals surface area contributed by atoms with Crippen LogP contribution >= 0.6 is 0 Å². The van der Waals surface area contributed by atoms with E-state index >= 15 is 0 Å². The molecule has 26 heavy (non-hydrogen) atoms. The molecular weight excluding hydrogens is 326 g/mol. The van der Waals surface area contributed by atoms with Crippen molar-refractivity contribution in [2.24, 2.45) is 0 Å². The molecule has 0 unspecified atom stereocenters. The smallest absolute Gasteiger partial charge is 0.126 e. The van der Waals surface area contributed by atoms with Gasteiger partial charge in [-0.1, -0.05) is 18.2 Å². The number of rotatable bonds is 5. The average Bonchev–Trinajstić information content (AvgIpc) is 3.07. The van der Waals surface area contributed by atoms with Crippen molar-refractivity contribution in [2.75, 3.05) is 32.1 Å². The lowest BCUT2D eigenvalue weighted by Gasteiger charge is -2.38. The van der Waals surface area contributed by atoms with E-state index in [4.69, 9.17) is 9.47 Å². The van der Waals surface area contributed by atoms with Crippen LogP contribution in [-0.2, 0) is 11.3 Å². The van der Waals surface area contributed by atoms with Gasteiger partial charge in [-0.2, -0.15) is 0 Å². The second kappa shape index (κ2) is 7.64. The summed E-state index contributed by atoms with van der Waals surface area (Å²) >= 11 is 0. The van der Waals surface area contributed by atoms with E-state index in [0.717, 1.165) is 57.1 Å². The molecule has 0 aliphatic carbocycles. The maximum Gasteiger partial charge on any atom is 0.126 e. The molecule has 2 aromatic rings. The molecule has 1 aromatic carbocycles. The minimum absolute atomic E-state index is 0.0445. The Balaban J connectivity index is 1.28. The molecule has 0 saturated carbocycles. The third-order valence-corrected chi connectivity index (χ3v) is 5.56. The van der Waals surface area contributed by atoms with Crippen molar-refractivity contribution in [1.29, 1.82) is 0 Å². The van der Waals surface area contributed by atoms with Gasteiger partial charge >= 0.3 is 0 Å². The summed E-state index contributed by atoms with van der Waals surface area (Å²) < 4.78 is 11.5. The van der Waals surface area contributed by atoms with E-state index in [1.54, 1.807) is 7.11 Å². The Morgan fingerprint density at radius 3 is 2.69 bits per heavy atom. The van der Waals surface area contributed by atoms with Crippen LogP contribution < -0.4 is 10.1 Å². The summed E-state index contributed by atoms with van der Waals surface area (Å²) in [4.78, 5) is 6.89. The number of anilines is 1. The Kier molecular flexibility index (Phi) is 5.09. The predicted molar refractivity (Wildman–Crippen MR) is 102 cm³/mol. The van der Waals surface area contributed by atoms with Crippen molar-refractivity contribution in [3.63, 3.8) is 0 Å². The topological polar surface area (TPSA) is 46.6 Å². The number of piperidine rings is 1. The quantitative estimate of drug-likeness (QED) is 0.893. The van der Waals surface area contributed by atoms with Crippen LogP contribution in [-0.4, -0.2) is 48.3 Å². The predicted octanol–water partition coefficient (Wildman–Crippen LogP) is 3.33. The van der Waals surface area contributed by atoms with E-state index in [1.807, 2.05) is 36.5 Å². The zero-order valence-corrected chi connectivity index (χ0v) is 15.4. The Morgan fingerprint density at radius 2 is 2.00 bits per heavy atom. The van der Waals surface area contributed by atoms with Crippen molar-refractivity contribution in [2.45, 2.75) is 37.5 Å². The first kappa shape index (κ1) is 17.3. The molecule has 1 spiro atoms. The zero-order valence-electron chi connectivity index (χ0n) is 15.4. The minimum Gasteiger partial charge on any atom is -0.497 e. The van der Waals surface area contributed by atoms with E-state index in [2.05, 4.69) is 27.3 Å². The Bertz CT molecular complexity index is 697. The maximum absolute atomic E-state index is 6.26. The molecule has 1 atom stereocenters. The highest BCUT2D eigenvalue weighted by molar-refractivity contribution is 5.35. The number of methoxy groups -OCH3 is 1. The fourth-order valence-corrected chi connectivity index (χ4v) is 4.05. The fourth-order valence-electron chi connectivity index (χ4n) is 4.05. The number of hydrogen-bond acceptors (Lipinski definition) is 5. The summed E-state index contributed by atoms with van der Waals surface area (Å²) in [6.07, 6.45) is 5.10. The lowest BCUT2D eigenvalue weighted by Crippen LogP contribution is -2.44. The Morgan fingerprint density at radius 1 is 1.19 bits per heavy atom. The van der Waals surface area contributed by atoms with E-state index in [0.29, 0.717) is 6.04 Å². The molecule has 0 bridgehead atoms. The molecule has 4 rings (SSSR count). The summed E-state index contributed by atoms with van der Waals surface area (Å²) in [6, 6.07) is 14.7. The van der Waals surface area contributed by atoms with E-state index < -0.39 is 0 Å². The lowest BCUT2D eigenvalue weighted by atomic mass is 9.87. The van der Waals surface area contributed by atoms with Crippen molar-refractivity contribution in [1.82, 2.24) is 9.88 Å². The first-order chi connectivity index (χ1) is 12.7. The lowest BCUT2D eigenvalue weighted by molar-refractivity contribution is -0.0448. The highest BCUT2D eigenvalue weighted by Gasteiger charge is 2.42. The number of pyridine rings is 1. The molecule has 2 fully saturated rings. The van der Waals surface area contributed by atoms with Gasteiger partial charge in [0.05, 0.1) is 25.4 Å². The molecule has 2 saturated heterocycles. The van der Waals surface area contributed by atoms with Gasteiger partial charge in [0, 0.05) is 25.8 Å². The first-order valence-electron chi connectivity index (χ1n) is 9.42. The number of nitrogens with one attached hydrogen (secondary N) is 1. The molecule has 5 nitrogen and oxygen atoms in total. The summed E-state index contributed by atoms with van der Waals surface area (Å²) in [5.41, 5.74) is 1.38. The summed E-state index contributed by atoms with van der Waals surface area (Å²) in [5, 5.41) is 3.51. The third-order valence-electron chi connectivity index (χ3n) is 5.56. The van der Waals surface area contributed by atoms with Crippen LogP contribution in [0.25, 0.3) is 0 Å². The molecule has 5 heteroatoms. The van der Waals surface area contributed by atoms with Gasteiger partial charge in [-0.05, 0) is 49.1 Å². The second-order valence-electron chi connectivity index (χ2n) is 7.38. The minimum atomic E-state index is 0.0445. The average molecular weight is 353 g/mol. The van der Waals surface area contributed by atoms with Gasteiger partial charge in [-0.25, -0.2) is 4.98 Å². The molecular formula is C21H27N3O2. The molecule has 2 aliphatic heterocycles.